The minimum Gasteiger partial charge on any atom is -0.361 e. The van der Waals surface area contributed by atoms with Gasteiger partial charge in [-0.15, -0.1) is 0 Å². The van der Waals surface area contributed by atoms with Crippen LogP contribution in [-0.2, 0) is 17.8 Å². The minimum absolute atomic E-state index is 0.0110. The van der Waals surface area contributed by atoms with Gasteiger partial charge in [-0.2, -0.15) is 5.10 Å². The summed E-state index contributed by atoms with van der Waals surface area (Å²) in [5, 5.41) is 11.2. The van der Waals surface area contributed by atoms with Gasteiger partial charge in [-0.1, -0.05) is 23.4 Å². The Morgan fingerprint density at radius 3 is 2.85 bits per heavy atom. The van der Waals surface area contributed by atoms with Crippen LogP contribution in [0.3, 0.4) is 0 Å². The number of hydrogen-bond donors (Lipinski definition) is 1. The number of aryl methyl sites for hydroxylation is 1. The van der Waals surface area contributed by atoms with Gasteiger partial charge in [-0.25, -0.2) is 4.68 Å². The number of amides is 1. The van der Waals surface area contributed by atoms with Crippen LogP contribution >= 0.6 is 0 Å². The standard InChI is InChI=1S/C19H23N5O2/c1-15-10-17(22-26-15)13-23(2)14-19(25)20-9-8-16-11-21-24(12-16)18-6-4-3-5-7-18/h3-7,10-12H,8-9,13-14H2,1-2H3,(H,20,25). The molecule has 0 saturated carbocycles. The number of benzene rings is 1. The molecule has 7 nitrogen and oxygen atoms in total. The van der Waals surface area contributed by atoms with Crippen LogP contribution in [0.25, 0.3) is 5.69 Å². The summed E-state index contributed by atoms with van der Waals surface area (Å²) in [6.45, 7) is 3.32. The van der Waals surface area contributed by atoms with E-state index < -0.39 is 0 Å². The third-order valence-corrected chi connectivity index (χ3v) is 3.91. The van der Waals surface area contributed by atoms with E-state index in [1.54, 1.807) is 0 Å². The predicted molar refractivity (Wildman–Crippen MR) is 97.9 cm³/mol. The maximum atomic E-state index is 12.0. The molecule has 2 heterocycles. The number of carbonyl (C=O) groups excluding carboxylic acids is 1. The van der Waals surface area contributed by atoms with Gasteiger partial charge in [-0.3, -0.25) is 9.69 Å². The average molecular weight is 353 g/mol. The third-order valence-electron chi connectivity index (χ3n) is 3.91. The van der Waals surface area contributed by atoms with Crippen molar-refractivity contribution in [2.45, 2.75) is 19.9 Å². The Labute approximate surface area is 152 Å². The van der Waals surface area contributed by atoms with Gasteiger partial charge in [-0.05, 0) is 38.1 Å². The first-order valence-corrected chi connectivity index (χ1v) is 8.56. The Hall–Kier alpha value is -2.93. The van der Waals surface area contributed by atoms with E-state index in [2.05, 4.69) is 15.6 Å². The molecule has 1 amide bonds. The lowest BCUT2D eigenvalue weighted by Crippen LogP contribution is -2.35. The molecule has 0 radical (unpaired) electrons. The van der Waals surface area contributed by atoms with Crippen LogP contribution in [0.1, 0.15) is 17.0 Å². The minimum atomic E-state index is -0.0110. The van der Waals surface area contributed by atoms with E-state index >= 15 is 0 Å². The fourth-order valence-corrected chi connectivity index (χ4v) is 2.68. The molecule has 0 aliphatic heterocycles. The van der Waals surface area contributed by atoms with Gasteiger partial charge < -0.3 is 9.84 Å². The van der Waals surface area contributed by atoms with Crippen LogP contribution in [-0.4, -0.2) is 45.9 Å². The van der Waals surface area contributed by atoms with E-state index in [0.29, 0.717) is 19.6 Å². The zero-order valence-electron chi connectivity index (χ0n) is 15.1. The summed E-state index contributed by atoms with van der Waals surface area (Å²) in [5.41, 5.74) is 2.93. The van der Waals surface area contributed by atoms with Crippen molar-refractivity contribution in [2.75, 3.05) is 20.1 Å². The van der Waals surface area contributed by atoms with Crippen molar-refractivity contribution < 1.29 is 9.32 Å². The molecule has 3 aromatic rings. The van der Waals surface area contributed by atoms with Crippen LogP contribution in [0, 0.1) is 6.92 Å². The van der Waals surface area contributed by atoms with Gasteiger partial charge in [0.1, 0.15) is 5.76 Å². The Bertz CT molecular complexity index is 841. The molecule has 0 fully saturated rings. The molecule has 0 saturated heterocycles. The van der Waals surface area contributed by atoms with Gasteiger partial charge >= 0.3 is 0 Å². The van der Waals surface area contributed by atoms with E-state index in [4.69, 9.17) is 4.52 Å². The summed E-state index contributed by atoms with van der Waals surface area (Å²) >= 11 is 0. The number of nitrogens with zero attached hydrogens (tertiary/aromatic N) is 4. The lowest BCUT2D eigenvalue weighted by molar-refractivity contribution is -0.122. The Kier molecular flexibility index (Phi) is 5.80. The molecule has 3 rings (SSSR count). The molecule has 1 N–H and O–H groups in total. The van der Waals surface area contributed by atoms with Gasteiger partial charge in [0.15, 0.2) is 0 Å². The van der Waals surface area contributed by atoms with E-state index in [1.165, 1.54) is 0 Å². The molecule has 0 atom stereocenters. The Morgan fingerprint density at radius 2 is 2.12 bits per heavy atom. The molecular formula is C19H23N5O2. The molecule has 1 aromatic carbocycles. The fourth-order valence-electron chi connectivity index (χ4n) is 2.68. The third kappa shape index (κ3) is 5.03. The van der Waals surface area contributed by atoms with Crippen LogP contribution in [0.2, 0.25) is 0 Å². The normalized spacial score (nSPS) is 11.0. The summed E-state index contributed by atoms with van der Waals surface area (Å²) in [6, 6.07) is 11.8. The highest BCUT2D eigenvalue weighted by Crippen LogP contribution is 2.08. The molecule has 0 aliphatic carbocycles. The number of hydrogen-bond acceptors (Lipinski definition) is 5. The lowest BCUT2D eigenvalue weighted by Gasteiger charge is -2.14. The number of aromatic nitrogens is 3. The maximum Gasteiger partial charge on any atom is 0.234 e. The van der Waals surface area contributed by atoms with E-state index in [0.717, 1.165) is 29.1 Å². The Balaban J connectivity index is 1.40. The molecule has 7 heteroatoms. The largest absolute Gasteiger partial charge is 0.361 e. The lowest BCUT2D eigenvalue weighted by atomic mass is 10.2. The topological polar surface area (TPSA) is 76.2 Å². The number of carbonyl (C=O) groups is 1. The highest BCUT2D eigenvalue weighted by atomic mass is 16.5. The van der Waals surface area contributed by atoms with Crippen LogP contribution in [0.4, 0.5) is 0 Å². The molecule has 0 aliphatic rings. The van der Waals surface area contributed by atoms with Crippen molar-refractivity contribution in [3.05, 3.63) is 65.8 Å². The highest BCUT2D eigenvalue weighted by Gasteiger charge is 2.09. The summed E-state index contributed by atoms with van der Waals surface area (Å²) in [6.07, 6.45) is 4.56. The van der Waals surface area contributed by atoms with Crippen molar-refractivity contribution in [1.29, 1.82) is 0 Å². The molecule has 2 aromatic heterocycles. The predicted octanol–water partition coefficient (Wildman–Crippen LogP) is 1.96. The van der Waals surface area contributed by atoms with E-state index in [9.17, 15) is 4.79 Å². The van der Waals surface area contributed by atoms with Crippen molar-refractivity contribution >= 4 is 5.91 Å². The van der Waals surface area contributed by atoms with Crippen LogP contribution in [0.5, 0.6) is 0 Å². The quantitative estimate of drug-likeness (QED) is 0.670. The van der Waals surface area contributed by atoms with Crippen LogP contribution < -0.4 is 5.32 Å². The summed E-state index contributed by atoms with van der Waals surface area (Å²) in [7, 11) is 1.88. The second kappa shape index (κ2) is 8.44. The molecule has 0 bridgehead atoms. The fraction of sp³-hybridized carbons (Fsp3) is 0.316. The van der Waals surface area contributed by atoms with Crippen molar-refractivity contribution in [2.24, 2.45) is 0 Å². The van der Waals surface area contributed by atoms with E-state index in [-0.39, 0.29) is 5.91 Å². The number of rotatable bonds is 8. The molecule has 0 spiro atoms. The van der Waals surface area contributed by atoms with Crippen LogP contribution in [0.15, 0.2) is 53.3 Å². The Morgan fingerprint density at radius 1 is 1.31 bits per heavy atom. The van der Waals surface area contributed by atoms with Gasteiger partial charge in [0.05, 0.1) is 24.1 Å². The van der Waals surface area contributed by atoms with Gasteiger partial charge in [0.25, 0.3) is 0 Å². The monoisotopic (exact) mass is 353 g/mol. The first-order valence-electron chi connectivity index (χ1n) is 8.56. The molecule has 0 unspecified atom stereocenters. The highest BCUT2D eigenvalue weighted by molar-refractivity contribution is 5.77. The number of likely N-dealkylation sites (N-methyl/N-ethyl adjacent to an activating group) is 1. The zero-order chi connectivity index (χ0) is 18.4. The smallest absolute Gasteiger partial charge is 0.234 e. The van der Waals surface area contributed by atoms with Crippen molar-refractivity contribution in [3.8, 4) is 5.69 Å². The number of nitrogens with one attached hydrogen (secondary N) is 1. The molecule has 136 valence electrons. The second-order valence-corrected chi connectivity index (χ2v) is 6.33. The summed E-state index contributed by atoms with van der Waals surface area (Å²) in [5.74, 6) is 0.761. The van der Waals surface area contributed by atoms with Gasteiger partial charge in [0.2, 0.25) is 5.91 Å². The summed E-state index contributed by atoms with van der Waals surface area (Å²) in [4.78, 5) is 14.0. The van der Waals surface area contributed by atoms with Crippen molar-refractivity contribution in [1.82, 2.24) is 25.2 Å². The first-order chi connectivity index (χ1) is 12.6. The summed E-state index contributed by atoms with van der Waals surface area (Å²) < 4.78 is 6.87. The van der Waals surface area contributed by atoms with Gasteiger partial charge in [0, 0.05) is 25.4 Å². The average Bonchev–Trinajstić information content (AvgIpc) is 3.25. The van der Waals surface area contributed by atoms with E-state index in [1.807, 2.05) is 72.3 Å². The molecular weight excluding hydrogens is 330 g/mol. The van der Waals surface area contributed by atoms with Crippen molar-refractivity contribution in [3.63, 3.8) is 0 Å². The molecule has 26 heavy (non-hydrogen) atoms. The second-order valence-electron chi connectivity index (χ2n) is 6.33. The zero-order valence-corrected chi connectivity index (χ0v) is 15.1. The maximum absolute atomic E-state index is 12.0. The SMILES string of the molecule is Cc1cc(CN(C)CC(=O)NCCc2cnn(-c3ccccc3)c2)no1. The first kappa shape index (κ1) is 17.9. The number of para-hydroxylation sites is 1.